The predicted molar refractivity (Wildman–Crippen MR) is 85.9 cm³/mol. The van der Waals surface area contributed by atoms with E-state index in [1.54, 1.807) is 0 Å². The van der Waals surface area contributed by atoms with Crippen LogP contribution in [0.1, 0.15) is 44.6 Å². The van der Waals surface area contributed by atoms with Crippen molar-refractivity contribution in [1.29, 1.82) is 0 Å². The first-order chi connectivity index (χ1) is 11.0. The summed E-state index contributed by atoms with van der Waals surface area (Å²) in [7, 11) is 0. The van der Waals surface area contributed by atoms with E-state index in [2.05, 4.69) is 24.5 Å². The number of carbonyl (C=O) groups is 3. The van der Waals surface area contributed by atoms with Gasteiger partial charge < -0.3 is 15.4 Å². The van der Waals surface area contributed by atoms with Crippen LogP contribution >= 0.6 is 0 Å². The van der Waals surface area contributed by atoms with Gasteiger partial charge in [0.2, 0.25) is 5.91 Å². The molecular formula is C17H22N2O4. The minimum atomic E-state index is -0.634. The molecule has 2 rings (SSSR count). The van der Waals surface area contributed by atoms with Crippen molar-refractivity contribution in [3.05, 3.63) is 29.8 Å². The van der Waals surface area contributed by atoms with Gasteiger partial charge in [0.15, 0.2) is 6.61 Å². The quantitative estimate of drug-likeness (QED) is 0.785. The van der Waals surface area contributed by atoms with Crippen molar-refractivity contribution in [2.24, 2.45) is 0 Å². The monoisotopic (exact) mass is 318 g/mol. The maximum absolute atomic E-state index is 11.8. The fraction of sp³-hybridized carbons (Fsp3) is 0.471. The highest BCUT2D eigenvalue weighted by Gasteiger charge is 2.28. The lowest BCUT2D eigenvalue weighted by Gasteiger charge is -2.12. The summed E-state index contributed by atoms with van der Waals surface area (Å²) in [5.41, 5.74) is 1.88. The van der Waals surface area contributed by atoms with Crippen molar-refractivity contribution in [3.63, 3.8) is 0 Å². The molecule has 0 aromatic heterocycles. The lowest BCUT2D eigenvalue weighted by Crippen LogP contribution is -2.36. The molecule has 1 heterocycles. The molecule has 0 spiro atoms. The second-order valence-corrected chi connectivity index (χ2v) is 5.75. The van der Waals surface area contributed by atoms with Gasteiger partial charge in [-0.05, 0) is 36.5 Å². The van der Waals surface area contributed by atoms with Crippen LogP contribution in [0, 0.1) is 0 Å². The first-order valence-electron chi connectivity index (χ1n) is 7.85. The predicted octanol–water partition coefficient (Wildman–Crippen LogP) is 1.96. The van der Waals surface area contributed by atoms with Crippen molar-refractivity contribution in [3.8, 4) is 0 Å². The van der Waals surface area contributed by atoms with Gasteiger partial charge in [0, 0.05) is 12.1 Å². The van der Waals surface area contributed by atoms with Crippen LogP contribution in [0.5, 0.6) is 0 Å². The fourth-order valence-corrected chi connectivity index (χ4v) is 2.36. The van der Waals surface area contributed by atoms with E-state index in [0.717, 1.165) is 6.42 Å². The first-order valence-corrected chi connectivity index (χ1v) is 7.85. The molecule has 2 amide bonds. The average molecular weight is 318 g/mol. The highest BCUT2D eigenvalue weighted by Crippen LogP contribution is 2.20. The van der Waals surface area contributed by atoms with Gasteiger partial charge in [0.05, 0.1) is 0 Å². The maximum atomic E-state index is 11.8. The molecule has 124 valence electrons. The van der Waals surface area contributed by atoms with E-state index in [0.29, 0.717) is 24.4 Å². The van der Waals surface area contributed by atoms with Gasteiger partial charge in [0.1, 0.15) is 6.04 Å². The summed E-state index contributed by atoms with van der Waals surface area (Å²) < 4.78 is 4.92. The summed E-state index contributed by atoms with van der Waals surface area (Å²) in [4.78, 5) is 34.5. The Morgan fingerprint density at radius 1 is 1.35 bits per heavy atom. The molecule has 6 heteroatoms. The molecule has 0 bridgehead atoms. The van der Waals surface area contributed by atoms with Crippen LogP contribution in [0.25, 0.3) is 0 Å². The fourth-order valence-electron chi connectivity index (χ4n) is 2.36. The Labute approximate surface area is 135 Å². The number of benzene rings is 1. The number of ether oxygens (including phenoxy) is 1. The topological polar surface area (TPSA) is 84.5 Å². The second-order valence-electron chi connectivity index (χ2n) is 5.75. The summed E-state index contributed by atoms with van der Waals surface area (Å²) in [6.07, 6.45) is 1.78. The third-order valence-electron chi connectivity index (χ3n) is 4.00. The van der Waals surface area contributed by atoms with E-state index in [1.165, 1.54) is 5.56 Å². The Hall–Kier alpha value is -2.37. The third kappa shape index (κ3) is 4.81. The minimum Gasteiger partial charge on any atom is -0.454 e. The molecule has 0 radical (unpaired) electrons. The molecule has 0 unspecified atom stereocenters. The van der Waals surface area contributed by atoms with Crippen molar-refractivity contribution < 1.29 is 19.1 Å². The zero-order valence-corrected chi connectivity index (χ0v) is 13.4. The van der Waals surface area contributed by atoms with Gasteiger partial charge in [-0.2, -0.15) is 0 Å². The molecular weight excluding hydrogens is 296 g/mol. The second kappa shape index (κ2) is 7.76. The maximum Gasteiger partial charge on any atom is 0.329 e. The summed E-state index contributed by atoms with van der Waals surface area (Å²) >= 11 is 0. The van der Waals surface area contributed by atoms with Gasteiger partial charge in [-0.15, -0.1) is 0 Å². The zero-order valence-electron chi connectivity index (χ0n) is 13.4. The molecule has 6 nitrogen and oxygen atoms in total. The van der Waals surface area contributed by atoms with Crippen LogP contribution in [0.15, 0.2) is 24.3 Å². The van der Waals surface area contributed by atoms with Crippen LogP contribution in [0.3, 0.4) is 0 Å². The summed E-state index contributed by atoms with van der Waals surface area (Å²) in [5, 5.41) is 5.18. The Morgan fingerprint density at radius 3 is 2.61 bits per heavy atom. The Morgan fingerprint density at radius 2 is 2.04 bits per heavy atom. The van der Waals surface area contributed by atoms with Crippen LogP contribution in [-0.4, -0.2) is 30.4 Å². The number of nitrogens with one attached hydrogen (secondary N) is 2. The average Bonchev–Trinajstić information content (AvgIpc) is 2.99. The normalized spacial score (nSPS) is 18.2. The van der Waals surface area contributed by atoms with Crippen LogP contribution < -0.4 is 10.6 Å². The number of hydrogen-bond acceptors (Lipinski definition) is 4. The largest absolute Gasteiger partial charge is 0.454 e. The molecule has 1 aliphatic heterocycles. The van der Waals surface area contributed by atoms with E-state index in [-0.39, 0.29) is 12.5 Å². The summed E-state index contributed by atoms with van der Waals surface area (Å²) in [6.45, 7) is 3.91. The van der Waals surface area contributed by atoms with Crippen molar-refractivity contribution in [2.75, 3.05) is 11.9 Å². The van der Waals surface area contributed by atoms with Gasteiger partial charge in [-0.3, -0.25) is 9.59 Å². The van der Waals surface area contributed by atoms with Crippen LogP contribution in [0.2, 0.25) is 0 Å². The number of amides is 2. The molecule has 0 saturated carbocycles. The molecule has 2 atom stereocenters. The Bertz CT molecular complexity index is 583. The Kier molecular flexibility index (Phi) is 5.73. The molecule has 1 aliphatic rings. The van der Waals surface area contributed by atoms with E-state index >= 15 is 0 Å². The highest BCUT2D eigenvalue weighted by molar-refractivity contribution is 5.94. The number of hydrogen-bond donors (Lipinski definition) is 2. The van der Waals surface area contributed by atoms with Gasteiger partial charge in [-0.25, -0.2) is 4.79 Å². The molecule has 23 heavy (non-hydrogen) atoms. The molecule has 1 saturated heterocycles. The first kappa shape index (κ1) is 17.0. The summed E-state index contributed by atoms with van der Waals surface area (Å²) in [6, 6.07) is 6.98. The van der Waals surface area contributed by atoms with E-state index in [1.807, 2.05) is 24.3 Å². The SMILES string of the molecule is CC[C@@H](C)c1ccc(NC(=O)COC(=O)[C@@H]2CCC(=O)N2)cc1. The van der Waals surface area contributed by atoms with Crippen LogP contribution in [-0.2, 0) is 19.1 Å². The lowest BCUT2D eigenvalue weighted by atomic mass is 9.99. The van der Waals surface area contributed by atoms with Gasteiger partial charge in [-0.1, -0.05) is 26.0 Å². The number of esters is 1. The van der Waals surface area contributed by atoms with Crippen molar-refractivity contribution in [1.82, 2.24) is 5.32 Å². The van der Waals surface area contributed by atoms with E-state index in [9.17, 15) is 14.4 Å². The molecule has 1 aromatic carbocycles. The highest BCUT2D eigenvalue weighted by atomic mass is 16.5. The molecule has 1 aromatic rings. The van der Waals surface area contributed by atoms with E-state index in [4.69, 9.17) is 4.74 Å². The minimum absolute atomic E-state index is 0.169. The molecule has 2 N–H and O–H groups in total. The molecule has 1 fully saturated rings. The van der Waals surface area contributed by atoms with Crippen molar-refractivity contribution in [2.45, 2.75) is 45.1 Å². The van der Waals surface area contributed by atoms with Gasteiger partial charge in [0.25, 0.3) is 5.91 Å². The van der Waals surface area contributed by atoms with Crippen molar-refractivity contribution >= 4 is 23.5 Å². The van der Waals surface area contributed by atoms with E-state index < -0.39 is 17.9 Å². The Balaban J connectivity index is 1.78. The number of rotatable bonds is 6. The third-order valence-corrected chi connectivity index (χ3v) is 4.00. The van der Waals surface area contributed by atoms with Crippen LogP contribution in [0.4, 0.5) is 5.69 Å². The van der Waals surface area contributed by atoms with Gasteiger partial charge >= 0.3 is 5.97 Å². The smallest absolute Gasteiger partial charge is 0.329 e. The molecule has 0 aliphatic carbocycles. The number of carbonyl (C=O) groups excluding carboxylic acids is 3. The standard InChI is InChI=1S/C17H22N2O4/c1-3-11(2)12-4-6-13(7-5-12)18-16(21)10-23-17(22)14-8-9-15(20)19-14/h4-7,11,14H,3,8-10H2,1-2H3,(H,18,21)(H,19,20)/t11-,14+/m1/s1. The zero-order chi connectivity index (χ0) is 16.8. The summed E-state index contributed by atoms with van der Waals surface area (Å²) in [5.74, 6) is -0.669. The lowest BCUT2D eigenvalue weighted by molar-refractivity contribution is -0.149. The number of anilines is 1.